The summed E-state index contributed by atoms with van der Waals surface area (Å²) in [6.07, 6.45) is 1.67. The molecule has 1 aromatic heterocycles. The molecule has 0 amide bonds. The van der Waals surface area contributed by atoms with E-state index in [9.17, 15) is 0 Å². The van der Waals surface area contributed by atoms with Crippen LogP contribution in [0.2, 0.25) is 0 Å². The largest absolute Gasteiger partial charge is 0.461 e. The summed E-state index contributed by atoms with van der Waals surface area (Å²) in [6.45, 7) is 1.88. The standard InChI is InChI=1S/C8H10N2O/c1-10-5-4-9-8(10)7-3-2-6-11-7/h2-3,6H,4-5H2,1H3. The van der Waals surface area contributed by atoms with Gasteiger partial charge in [0.15, 0.2) is 11.6 Å². The number of aliphatic imine (C=N–C) groups is 1. The fourth-order valence-electron chi connectivity index (χ4n) is 1.20. The third kappa shape index (κ3) is 1.02. The maximum Gasteiger partial charge on any atom is 0.168 e. The number of furan rings is 1. The van der Waals surface area contributed by atoms with E-state index < -0.39 is 0 Å². The maximum atomic E-state index is 5.22. The lowest BCUT2D eigenvalue weighted by molar-refractivity contribution is 0.512. The average molecular weight is 150 g/mol. The van der Waals surface area contributed by atoms with E-state index in [0.717, 1.165) is 24.7 Å². The van der Waals surface area contributed by atoms with Crippen LogP contribution in [0.5, 0.6) is 0 Å². The number of nitrogens with zero attached hydrogens (tertiary/aromatic N) is 2. The highest BCUT2D eigenvalue weighted by atomic mass is 16.3. The molecule has 0 atom stereocenters. The minimum atomic E-state index is 0.866. The second-order valence-electron chi connectivity index (χ2n) is 2.60. The van der Waals surface area contributed by atoms with Gasteiger partial charge in [-0.1, -0.05) is 0 Å². The van der Waals surface area contributed by atoms with Gasteiger partial charge in [-0.2, -0.15) is 0 Å². The second-order valence-corrected chi connectivity index (χ2v) is 2.60. The van der Waals surface area contributed by atoms with Crippen LogP contribution in [0.15, 0.2) is 27.8 Å². The van der Waals surface area contributed by atoms with Crippen molar-refractivity contribution in [1.29, 1.82) is 0 Å². The topological polar surface area (TPSA) is 28.7 Å². The molecule has 0 aliphatic carbocycles. The molecule has 1 aliphatic rings. The van der Waals surface area contributed by atoms with Crippen molar-refractivity contribution < 1.29 is 4.42 Å². The molecule has 0 aromatic carbocycles. The summed E-state index contributed by atoms with van der Waals surface area (Å²) in [5.41, 5.74) is 0. The normalized spacial score (nSPS) is 17.2. The van der Waals surface area contributed by atoms with E-state index >= 15 is 0 Å². The zero-order valence-electron chi connectivity index (χ0n) is 6.45. The van der Waals surface area contributed by atoms with Crippen molar-refractivity contribution in [3.05, 3.63) is 24.2 Å². The summed E-state index contributed by atoms with van der Waals surface area (Å²) in [5, 5.41) is 0. The van der Waals surface area contributed by atoms with Crippen molar-refractivity contribution in [2.75, 3.05) is 20.1 Å². The van der Waals surface area contributed by atoms with Crippen LogP contribution in [0.1, 0.15) is 5.76 Å². The summed E-state index contributed by atoms with van der Waals surface area (Å²) in [4.78, 5) is 6.40. The van der Waals surface area contributed by atoms with Gasteiger partial charge in [0.2, 0.25) is 0 Å². The van der Waals surface area contributed by atoms with Gasteiger partial charge in [-0.3, -0.25) is 4.99 Å². The van der Waals surface area contributed by atoms with Crippen LogP contribution in [-0.4, -0.2) is 30.9 Å². The summed E-state index contributed by atoms with van der Waals surface area (Å²) in [7, 11) is 2.02. The molecule has 2 heterocycles. The Hall–Kier alpha value is -1.25. The highest BCUT2D eigenvalue weighted by molar-refractivity contribution is 5.97. The first-order valence-electron chi connectivity index (χ1n) is 3.67. The predicted molar refractivity (Wildman–Crippen MR) is 42.7 cm³/mol. The van der Waals surface area contributed by atoms with Gasteiger partial charge in [0, 0.05) is 13.6 Å². The first-order valence-corrected chi connectivity index (χ1v) is 3.67. The Morgan fingerprint density at radius 3 is 3.09 bits per heavy atom. The molecule has 1 aliphatic heterocycles. The van der Waals surface area contributed by atoms with Crippen LogP contribution < -0.4 is 0 Å². The molecule has 0 unspecified atom stereocenters. The second kappa shape index (κ2) is 2.42. The van der Waals surface area contributed by atoms with E-state index in [2.05, 4.69) is 9.89 Å². The van der Waals surface area contributed by atoms with Gasteiger partial charge < -0.3 is 9.32 Å². The summed E-state index contributed by atoms with van der Waals surface area (Å²) in [6, 6.07) is 3.81. The molecule has 0 saturated carbocycles. The van der Waals surface area contributed by atoms with Gasteiger partial charge in [-0.25, -0.2) is 0 Å². The van der Waals surface area contributed by atoms with Crippen LogP contribution >= 0.6 is 0 Å². The Bertz CT molecular complexity index is 264. The van der Waals surface area contributed by atoms with Crippen LogP contribution in [0.4, 0.5) is 0 Å². The lowest BCUT2D eigenvalue weighted by Crippen LogP contribution is -2.22. The van der Waals surface area contributed by atoms with E-state index in [0.29, 0.717) is 0 Å². The van der Waals surface area contributed by atoms with E-state index in [-0.39, 0.29) is 0 Å². The van der Waals surface area contributed by atoms with Crippen molar-refractivity contribution in [1.82, 2.24) is 4.90 Å². The molecule has 0 radical (unpaired) electrons. The van der Waals surface area contributed by atoms with Gasteiger partial charge in [-0.15, -0.1) is 0 Å². The molecular weight excluding hydrogens is 140 g/mol. The smallest absolute Gasteiger partial charge is 0.168 e. The van der Waals surface area contributed by atoms with Crippen molar-refractivity contribution in [3.63, 3.8) is 0 Å². The molecule has 58 valence electrons. The average Bonchev–Trinajstić information content (AvgIpc) is 2.55. The number of rotatable bonds is 1. The zero-order valence-corrected chi connectivity index (χ0v) is 6.45. The van der Waals surface area contributed by atoms with Crippen molar-refractivity contribution in [2.24, 2.45) is 4.99 Å². The molecule has 3 nitrogen and oxygen atoms in total. The molecule has 0 spiro atoms. The predicted octanol–water partition coefficient (Wildman–Crippen LogP) is 0.972. The zero-order chi connectivity index (χ0) is 7.68. The highest BCUT2D eigenvalue weighted by Gasteiger charge is 2.15. The lowest BCUT2D eigenvalue weighted by atomic mass is 10.4. The Balaban J connectivity index is 2.30. The Labute approximate surface area is 65.3 Å². The molecule has 11 heavy (non-hydrogen) atoms. The van der Waals surface area contributed by atoms with Crippen LogP contribution in [-0.2, 0) is 0 Å². The van der Waals surface area contributed by atoms with E-state index in [1.807, 2.05) is 19.2 Å². The molecule has 3 heteroatoms. The Morgan fingerprint density at radius 1 is 1.64 bits per heavy atom. The monoisotopic (exact) mass is 150 g/mol. The van der Waals surface area contributed by atoms with E-state index in [1.54, 1.807) is 6.26 Å². The van der Waals surface area contributed by atoms with Crippen molar-refractivity contribution >= 4 is 5.84 Å². The van der Waals surface area contributed by atoms with E-state index in [1.165, 1.54) is 0 Å². The molecular formula is C8H10N2O. The number of hydrogen-bond acceptors (Lipinski definition) is 3. The summed E-state index contributed by atoms with van der Waals surface area (Å²) in [5.74, 6) is 1.83. The van der Waals surface area contributed by atoms with E-state index in [4.69, 9.17) is 4.42 Å². The summed E-state index contributed by atoms with van der Waals surface area (Å²) >= 11 is 0. The Morgan fingerprint density at radius 2 is 2.55 bits per heavy atom. The molecule has 2 rings (SSSR count). The van der Waals surface area contributed by atoms with Gasteiger partial charge in [0.1, 0.15) is 0 Å². The third-order valence-corrected chi connectivity index (χ3v) is 1.80. The van der Waals surface area contributed by atoms with Crippen molar-refractivity contribution in [2.45, 2.75) is 0 Å². The van der Waals surface area contributed by atoms with Gasteiger partial charge >= 0.3 is 0 Å². The quantitative estimate of drug-likeness (QED) is 0.597. The number of amidine groups is 1. The van der Waals surface area contributed by atoms with Crippen LogP contribution in [0.3, 0.4) is 0 Å². The Kier molecular flexibility index (Phi) is 1.42. The molecule has 0 N–H and O–H groups in total. The third-order valence-electron chi connectivity index (χ3n) is 1.80. The lowest BCUT2D eigenvalue weighted by Gasteiger charge is -2.10. The SMILES string of the molecule is CN1CCN=C1c1ccco1. The fourth-order valence-corrected chi connectivity index (χ4v) is 1.20. The minimum absolute atomic E-state index is 0.866. The van der Waals surface area contributed by atoms with Gasteiger partial charge in [-0.05, 0) is 12.1 Å². The first-order chi connectivity index (χ1) is 5.38. The highest BCUT2D eigenvalue weighted by Crippen LogP contribution is 2.09. The molecule has 0 saturated heterocycles. The van der Waals surface area contributed by atoms with Gasteiger partial charge in [0.05, 0.1) is 12.8 Å². The molecule has 0 fully saturated rings. The number of hydrogen-bond donors (Lipinski definition) is 0. The minimum Gasteiger partial charge on any atom is -0.461 e. The van der Waals surface area contributed by atoms with Crippen molar-refractivity contribution in [3.8, 4) is 0 Å². The molecule has 0 bridgehead atoms. The maximum absolute atomic E-state index is 5.22. The fraction of sp³-hybridized carbons (Fsp3) is 0.375. The van der Waals surface area contributed by atoms with Gasteiger partial charge in [0.25, 0.3) is 0 Å². The molecule has 1 aromatic rings. The first kappa shape index (κ1) is 6.46. The summed E-state index contributed by atoms with van der Waals surface area (Å²) < 4.78 is 5.22. The van der Waals surface area contributed by atoms with Crippen LogP contribution in [0, 0.1) is 0 Å². The van der Waals surface area contributed by atoms with Crippen LogP contribution in [0.25, 0.3) is 0 Å². The number of likely N-dealkylation sites (N-methyl/N-ethyl adjacent to an activating group) is 1.